The van der Waals surface area contributed by atoms with E-state index in [1.54, 1.807) is 49.9 Å². The molecule has 4 rings (SSSR count). The zero-order chi connectivity index (χ0) is 22.0. The number of nitrogens with zero attached hydrogens (tertiary/aromatic N) is 4. The second-order valence-electron chi connectivity index (χ2n) is 6.73. The Balaban J connectivity index is 1.67. The van der Waals surface area contributed by atoms with Crippen LogP contribution in [0, 0.1) is 0 Å². The number of carbonyl (C=O) groups excluding carboxylic acids is 2. The molecule has 31 heavy (non-hydrogen) atoms. The largest absolute Gasteiger partial charge is 0.481 e. The smallest absolute Gasteiger partial charge is 0.269 e. The van der Waals surface area contributed by atoms with Gasteiger partial charge in [0.05, 0.1) is 16.7 Å². The van der Waals surface area contributed by atoms with Gasteiger partial charge in [-0.05, 0) is 24.3 Å². The molecule has 0 aliphatic heterocycles. The first-order valence-corrected chi connectivity index (χ1v) is 10.2. The molecule has 1 N–H and O–H groups in total. The molecule has 0 radical (unpaired) electrons. The van der Waals surface area contributed by atoms with E-state index in [1.165, 1.54) is 30.3 Å². The normalized spacial score (nSPS) is 10.7. The molecule has 0 bridgehead atoms. The van der Waals surface area contributed by atoms with E-state index in [0.717, 1.165) is 21.2 Å². The Labute approximate surface area is 182 Å². The molecular weight excluding hydrogens is 414 g/mol. The maximum atomic E-state index is 13.1. The van der Waals surface area contributed by atoms with E-state index in [2.05, 4.69) is 20.3 Å². The van der Waals surface area contributed by atoms with Gasteiger partial charge in [0, 0.05) is 55.1 Å². The minimum absolute atomic E-state index is 0.174. The molecule has 0 aliphatic carbocycles. The van der Waals surface area contributed by atoms with Gasteiger partial charge in [-0.25, -0.2) is 4.98 Å². The van der Waals surface area contributed by atoms with Gasteiger partial charge in [-0.1, -0.05) is 6.07 Å². The number of nitrogens with one attached hydrogen (secondary N) is 1. The number of rotatable bonds is 5. The number of carbonyl (C=O) groups is 2. The van der Waals surface area contributed by atoms with Crippen molar-refractivity contribution in [3.63, 3.8) is 0 Å². The van der Waals surface area contributed by atoms with Crippen molar-refractivity contribution in [1.29, 1.82) is 0 Å². The van der Waals surface area contributed by atoms with Gasteiger partial charge in [0.2, 0.25) is 11.8 Å². The molecule has 0 spiro atoms. The molecule has 0 aliphatic rings. The van der Waals surface area contributed by atoms with Crippen molar-refractivity contribution in [3.8, 4) is 17.0 Å². The highest BCUT2D eigenvalue weighted by Crippen LogP contribution is 2.34. The SMILES string of the molecule is COc1cccc(N(C)C(=O)c2cc3c(-c4ccc(NC(C)=O)nc4)cncc3s2)n1. The monoisotopic (exact) mass is 433 g/mol. The van der Waals surface area contributed by atoms with Gasteiger partial charge in [0.1, 0.15) is 11.6 Å². The summed E-state index contributed by atoms with van der Waals surface area (Å²) in [5, 5.41) is 3.55. The molecule has 2 amide bonds. The first kappa shape index (κ1) is 20.4. The molecule has 9 heteroatoms. The van der Waals surface area contributed by atoms with Crippen LogP contribution in [-0.2, 0) is 4.79 Å². The number of amides is 2. The Morgan fingerprint density at radius 3 is 2.68 bits per heavy atom. The zero-order valence-electron chi connectivity index (χ0n) is 17.1. The van der Waals surface area contributed by atoms with Crippen molar-refractivity contribution in [1.82, 2.24) is 15.0 Å². The van der Waals surface area contributed by atoms with Crippen molar-refractivity contribution in [3.05, 3.63) is 59.9 Å². The molecule has 0 atom stereocenters. The van der Waals surface area contributed by atoms with E-state index in [-0.39, 0.29) is 11.8 Å². The van der Waals surface area contributed by atoms with Crippen molar-refractivity contribution < 1.29 is 14.3 Å². The average Bonchev–Trinajstić information content (AvgIpc) is 3.23. The fourth-order valence-corrected chi connectivity index (χ4v) is 4.11. The van der Waals surface area contributed by atoms with Crippen molar-refractivity contribution in [2.24, 2.45) is 0 Å². The first-order valence-electron chi connectivity index (χ1n) is 9.37. The van der Waals surface area contributed by atoms with Crippen LogP contribution in [0.3, 0.4) is 0 Å². The summed E-state index contributed by atoms with van der Waals surface area (Å²) in [7, 11) is 3.21. The summed E-state index contributed by atoms with van der Waals surface area (Å²) < 4.78 is 6.04. The van der Waals surface area contributed by atoms with Crippen molar-refractivity contribution in [2.75, 3.05) is 24.4 Å². The predicted molar refractivity (Wildman–Crippen MR) is 121 cm³/mol. The third kappa shape index (κ3) is 4.22. The lowest BCUT2D eigenvalue weighted by molar-refractivity contribution is -0.114. The number of methoxy groups -OCH3 is 1. The molecule has 4 aromatic heterocycles. The number of hydrogen-bond acceptors (Lipinski definition) is 7. The van der Waals surface area contributed by atoms with Crippen LogP contribution in [0.2, 0.25) is 0 Å². The van der Waals surface area contributed by atoms with E-state index in [1.807, 2.05) is 12.1 Å². The highest BCUT2D eigenvalue weighted by molar-refractivity contribution is 7.21. The molecule has 0 saturated heterocycles. The van der Waals surface area contributed by atoms with Gasteiger partial charge in [-0.2, -0.15) is 4.98 Å². The number of ether oxygens (including phenoxy) is 1. The van der Waals surface area contributed by atoms with Crippen LogP contribution in [0.1, 0.15) is 16.6 Å². The lowest BCUT2D eigenvalue weighted by Gasteiger charge is -2.15. The fourth-order valence-electron chi connectivity index (χ4n) is 3.08. The van der Waals surface area contributed by atoms with Crippen LogP contribution >= 0.6 is 11.3 Å². The second-order valence-corrected chi connectivity index (χ2v) is 7.81. The molecule has 8 nitrogen and oxygen atoms in total. The summed E-state index contributed by atoms with van der Waals surface area (Å²) in [6.45, 7) is 1.43. The van der Waals surface area contributed by atoms with Crippen LogP contribution in [0.15, 0.2) is 55.0 Å². The standard InChI is InChI=1S/C22H19N5O3S/c1-13(28)25-19-8-7-14(10-24-19)16-11-23-12-18-15(16)9-17(31-18)22(29)27(2)20-5-4-6-21(26-20)30-3/h4-12H,1-3H3,(H,24,25,28). The summed E-state index contributed by atoms with van der Waals surface area (Å²) in [6.07, 6.45) is 5.15. The van der Waals surface area contributed by atoms with E-state index in [9.17, 15) is 9.59 Å². The molecule has 0 saturated carbocycles. The van der Waals surface area contributed by atoms with E-state index < -0.39 is 0 Å². The minimum Gasteiger partial charge on any atom is -0.481 e. The van der Waals surface area contributed by atoms with Crippen LogP contribution in [0.25, 0.3) is 21.2 Å². The summed E-state index contributed by atoms with van der Waals surface area (Å²) in [6, 6.07) is 10.7. The first-order chi connectivity index (χ1) is 15.0. The summed E-state index contributed by atoms with van der Waals surface area (Å²) in [5.41, 5.74) is 1.70. The topological polar surface area (TPSA) is 97.3 Å². The Morgan fingerprint density at radius 2 is 1.97 bits per heavy atom. The highest BCUT2D eigenvalue weighted by Gasteiger charge is 2.19. The van der Waals surface area contributed by atoms with Gasteiger partial charge in [0.15, 0.2) is 0 Å². The Bertz CT molecular complexity index is 1270. The van der Waals surface area contributed by atoms with E-state index in [4.69, 9.17) is 4.74 Å². The van der Waals surface area contributed by atoms with Gasteiger partial charge < -0.3 is 10.1 Å². The van der Waals surface area contributed by atoms with Crippen LogP contribution < -0.4 is 15.0 Å². The van der Waals surface area contributed by atoms with Gasteiger partial charge in [-0.15, -0.1) is 11.3 Å². The third-order valence-electron chi connectivity index (χ3n) is 4.60. The van der Waals surface area contributed by atoms with Gasteiger partial charge >= 0.3 is 0 Å². The lowest BCUT2D eigenvalue weighted by atomic mass is 10.1. The summed E-state index contributed by atoms with van der Waals surface area (Å²) in [5.74, 6) is 1.06. The van der Waals surface area contributed by atoms with E-state index >= 15 is 0 Å². The number of fused-ring (bicyclic) bond motifs is 1. The Hall–Kier alpha value is -3.85. The Morgan fingerprint density at radius 1 is 1.13 bits per heavy atom. The number of pyridine rings is 3. The molecule has 0 unspecified atom stereocenters. The minimum atomic E-state index is -0.181. The number of anilines is 2. The van der Waals surface area contributed by atoms with Crippen molar-refractivity contribution in [2.45, 2.75) is 6.92 Å². The number of hydrogen-bond donors (Lipinski definition) is 1. The Kier molecular flexibility index (Phi) is 5.59. The highest BCUT2D eigenvalue weighted by atomic mass is 32.1. The second kappa shape index (κ2) is 8.49. The quantitative estimate of drug-likeness (QED) is 0.511. The van der Waals surface area contributed by atoms with E-state index in [0.29, 0.717) is 22.4 Å². The van der Waals surface area contributed by atoms with Crippen molar-refractivity contribution >= 4 is 44.9 Å². The van der Waals surface area contributed by atoms with Crippen LogP contribution in [0.4, 0.5) is 11.6 Å². The van der Waals surface area contributed by atoms with Crippen LogP contribution in [-0.4, -0.2) is 40.9 Å². The van der Waals surface area contributed by atoms with Gasteiger partial charge in [-0.3, -0.25) is 19.5 Å². The summed E-state index contributed by atoms with van der Waals surface area (Å²) >= 11 is 1.37. The zero-order valence-corrected chi connectivity index (χ0v) is 17.9. The molecule has 156 valence electrons. The molecule has 4 heterocycles. The van der Waals surface area contributed by atoms with Crippen LogP contribution in [0.5, 0.6) is 5.88 Å². The number of aromatic nitrogens is 3. The maximum absolute atomic E-state index is 13.1. The molecule has 0 fully saturated rings. The molecule has 4 aromatic rings. The maximum Gasteiger partial charge on any atom is 0.269 e. The average molecular weight is 433 g/mol. The fraction of sp³-hybridized carbons (Fsp3) is 0.136. The molecular formula is C22H19N5O3S. The molecule has 0 aromatic carbocycles. The summed E-state index contributed by atoms with van der Waals surface area (Å²) in [4.78, 5) is 39.3. The lowest BCUT2D eigenvalue weighted by Crippen LogP contribution is -2.26. The third-order valence-corrected chi connectivity index (χ3v) is 5.66. The van der Waals surface area contributed by atoms with Gasteiger partial charge in [0.25, 0.3) is 5.91 Å². The number of thiophene rings is 1. The predicted octanol–water partition coefficient (Wildman–Crippen LogP) is 4.00.